The summed E-state index contributed by atoms with van der Waals surface area (Å²) in [6.45, 7) is 0.967. The van der Waals surface area contributed by atoms with Crippen molar-refractivity contribution < 1.29 is 14.3 Å². The molecule has 4 nitrogen and oxygen atoms in total. The van der Waals surface area contributed by atoms with Gasteiger partial charge in [0.15, 0.2) is 0 Å². The Balaban J connectivity index is 2.04. The second-order valence-corrected chi connectivity index (χ2v) is 4.71. The number of anilines is 1. The molecule has 0 heterocycles. The lowest BCUT2D eigenvalue weighted by Crippen LogP contribution is -2.12. The molecule has 0 spiro atoms. The first kappa shape index (κ1) is 15.4. The molecule has 0 radical (unpaired) electrons. The molecule has 5 heteroatoms. The normalized spacial score (nSPS) is 10.2. The summed E-state index contributed by atoms with van der Waals surface area (Å²) < 4.78 is 10.4. The summed E-state index contributed by atoms with van der Waals surface area (Å²) in [5.41, 5.74) is 1.08. The van der Waals surface area contributed by atoms with E-state index < -0.39 is 0 Å². The number of hydrogen-bond donors (Lipinski definition) is 1. The van der Waals surface area contributed by atoms with E-state index >= 15 is 0 Å². The average molecular weight is 306 g/mol. The quantitative estimate of drug-likeness (QED) is 0.829. The molecular formula is C16H16ClNO3. The molecule has 1 N–H and O–H groups in total. The van der Waals surface area contributed by atoms with Gasteiger partial charge in [-0.2, -0.15) is 0 Å². The molecule has 1 amide bonds. The van der Waals surface area contributed by atoms with Gasteiger partial charge in [-0.15, -0.1) is 0 Å². The molecular weight excluding hydrogens is 290 g/mol. The van der Waals surface area contributed by atoms with Gasteiger partial charge in [0.2, 0.25) is 0 Å². The Hall–Kier alpha value is -2.04. The van der Waals surface area contributed by atoms with Crippen molar-refractivity contribution in [2.24, 2.45) is 0 Å². The Morgan fingerprint density at radius 1 is 1.14 bits per heavy atom. The van der Waals surface area contributed by atoms with Crippen LogP contribution in [0.4, 0.5) is 5.69 Å². The molecule has 0 saturated carbocycles. The summed E-state index contributed by atoms with van der Waals surface area (Å²) in [6.07, 6.45) is 0. The maximum atomic E-state index is 12.2. The highest BCUT2D eigenvalue weighted by Crippen LogP contribution is 2.20. The minimum Gasteiger partial charge on any atom is -0.491 e. The lowest BCUT2D eigenvalue weighted by Gasteiger charge is -2.09. The van der Waals surface area contributed by atoms with Crippen LogP contribution in [-0.2, 0) is 4.74 Å². The van der Waals surface area contributed by atoms with Gasteiger partial charge in [-0.05, 0) is 24.3 Å². The maximum absolute atomic E-state index is 12.2. The number of methoxy groups -OCH3 is 1. The van der Waals surface area contributed by atoms with Gasteiger partial charge in [0.1, 0.15) is 12.4 Å². The van der Waals surface area contributed by atoms with Crippen LogP contribution in [0.1, 0.15) is 10.4 Å². The van der Waals surface area contributed by atoms with Crippen LogP contribution in [0.2, 0.25) is 5.02 Å². The summed E-state index contributed by atoms with van der Waals surface area (Å²) in [4.78, 5) is 12.2. The van der Waals surface area contributed by atoms with Crippen molar-refractivity contribution in [3.05, 3.63) is 59.1 Å². The average Bonchev–Trinajstić information content (AvgIpc) is 2.48. The largest absolute Gasteiger partial charge is 0.491 e. The number of rotatable bonds is 6. The van der Waals surface area contributed by atoms with Crippen LogP contribution < -0.4 is 10.1 Å². The van der Waals surface area contributed by atoms with Crippen LogP contribution in [-0.4, -0.2) is 26.2 Å². The SMILES string of the molecule is COCCOc1cccc(NC(=O)c2ccccc2Cl)c1. The van der Waals surface area contributed by atoms with Crippen LogP contribution in [0.25, 0.3) is 0 Å². The summed E-state index contributed by atoms with van der Waals surface area (Å²) >= 11 is 6.00. The molecule has 0 saturated heterocycles. The Kier molecular flexibility index (Phi) is 5.60. The smallest absolute Gasteiger partial charge is 0.257 e. The third-order valence-electron chi connectivity index (χ3n) is 2.77. The minimum absolute atomic E-state index is 0.255. The minimum atomic E-state index is -0.255. The van der Waals surface area contributed by atoms with Gasteiger partial charge in [-0.25, -0.2) is 0 Å². The van der Waals surface area contributed by atoms with E-state index in [0.29, 0.717) is 35.2 Å². The van der Waals surface area contributed by atoms with E-state index in [-0.39, 0.29) is 5.91 Å². The highest BCUT2D eigenvalue weighted by Gasteiger charge is 2.09. The lowest BCUT2D eigenvalue weighted by molar-refractivity contribution is 0.102. The topological polar surface area (TPSA) is 47.6 Å². The van der Waals surface area contributed by atoms with Crippen molar-refractivity contribution in [3.8, 4) is 5.75 Å². The van der Waals surface area contributed by atoms with Gasteiger partial charge in [-0.1, -0.05) is 29.8 Å². The molecule has 110 valence electrons. The molecule has 0 aliphatic rings. The second kappa shape index (κ2) is 7.67. The Labute approximate surface area is 128 Å². The van der Waals surface area contributed by atoms with Crippen LogP contribution in [0.5, 0.6) is 5.75 Å². The van der Waals surface area contributed by atoms with Crippen LogP contribution in [0.3, 0.4) is 0 Å². The highest BCUT2D eigenvalue weighted by molar-refractivity contribution is 6.34. The molecule has 2 aromatic rings. The summed E-state index contributed by atoms with van der Waals surface area (Å²) in [6, 6.07) is 14.1. The maximum Gasteiger partial charge on any atom is 0.257 e. The molecule has 0 aliphatic carbocycles. The van der Waals surface area contributed by atoms with Crippen LogP contribution in [0, 0.1) is 0 Å². The van der Waals surface area contributed by atoms with E-state index in [0.717, 1.165) is 0 Å². The fourth-order valence-electron chi connectivity index (χ4n) is 1.75. The van der Waals surface area contributed by atoms with Crippen molar-refractivity contribution in [1.82, 2.24) is 0 Å². The molecule has 0 atom stereocenters. The number of hydrogen-bond acceptors (Lipinski definition) is 3. The molecule has 0 bridgehead atoms. The second-order valence-electron chi connectivity index (χ2n) is 4.30. The van der Waals surface area contributed by atoms with E-state index in [1.54, 1.807) is 43.5 Å². The molecule has 21 heavy (non-hydrogen) atoms. The standard InChI is InChI=1S/C16H16ClNO3/c1-20-9-10-21-13-6-4-5-12(11-13)18-16(19)14-7-2-3-8-15(14)17/h2-8,11H,9-10H2,1H3,(H,18,19). The van der Waals surface area contributed by atoms with Gasteiger partial charge in [0, 0.05) is 18.9 Å². The van der Waals surface area contributed by atoms with Gasteiger partial charge >= 0.3 is 0 Å². The monoisotopic (exact) mass is 305 g/mol. The molecule has 0 aromatic heterocycles. The van der Waals surface area contributed by atoms with Crippen molar-refractivity contribution >= 4 is 23.2 Å². The predicted molar refractivity (Wildman–Crippen MR) is 83.2 cm³/mol. The van der Waals surface area contributed by atoms with E-state index in [1.165, 1.54) is 0 Å². The van der Waals surface area contributed by atoms with Crippen molar-refractivity contribution in [3.63, 3.8) is 0 Å². The number of carbonyl (C=O) groups excluding carboxylic acids is 1. The molecule has 0 aliphatic heterocycles. The van der Waals surface area contributed by atoms with Crippen molar-refractivity contribution in [1.29, 1.82) is 0 Å². The summed E-state index contributed by atoms with van der Waals surface area (Å²) in [5, 5.41) is 3.21. The third kappa shape index (κ3) is 4.48. The van der Waals surface area contributed by atoms with E-state index in [1.807, 2.05) is 12.1 Å². The van der Waals surface area contributed by atoms with Crippen molar-refractivity contribution in [2.45, 2.75) is 0 Å². The van der Waals surface area contributed by atoms with Gasteiger partial charge in [-0.3, -0.25) is 4.79 Å². The number of ether oxygens (including phenoxy) is 2. The first-order chi connectivity index (χ1) is 10.2. The van der Waals surface area contributed by atoms with Gasteiger partial charge < -0.3 is 14.8 Å². The van der Waals surface area contributed by atoms with Crippen LogP contribution >= 0.6 is 11.6 Å². The lowest BCUT2D eigenvalue weighted by atomic mass is 10.2. The predicted octanol–water partition coefficient (Wildman–Crippen LogP) is 3.62. The summed E-state index contributed by atoms with van der Waals surface area (Å²) in [7, 11) is 1.61. The van der Waals surface area contributed by atoms with E-state index in [9.17, 15) is 4.79 Å². The zero-order valence-electron chi connectivity index (χ0n) is 11.6. The van der Waals surface area contributed by atoms with Gasteiger partial charge in [0.25, 0.3) is 5.91 Å². The zero-order chi connectivity index (χ0) is 15.1. The van der Waals surface area contributed by atoms with Crippen molar-refractivity contribution in [2.75, 3.05) is 25.6 Å². The Morgan fingerprint density at radius 2 is 1.95 bits per heavy atom. The first-order valence-corrected chi connectivity index (χ1v) is 6.86. The number of nitrogens with one attached hydrogen (secondary N) is 1. The van der Waals surface area contributed by atoms with E-state index in [4.69, 9.17) is 21.1 Å². The fraction of sp³-hybridized carbons (Fsp3) is 0.188. The third-order valence-corrected chi connectivity index (χ3v) is 3.10. The van der Waals surface area contributed by atoms with Gasteiger partial charge in [0.05, 0.1) is 17.2 Å². The Morgan fingerprint density at radius 3 is 2.71 bits per heavy atom. The first-order valence-electron chi connectivity index (χ1n) is 6.48. The Bertz CT molecular complexity index is 616. The number of carbonyl (C=O) groups is 1. The fourth-order valence-corrected chi connectivity index (χ4v) is 1.97. The molecule has 2 aromatic carbocycles. The highest BCUT2D eigenvalue weighted by atomic mass is 35.5. The van der Waals surface area contributed by atoms with E-state index in [2.05, 4.69) is 5.32 Å². The zero-order valence-corrected chi connectivity index (χ0v) is 12.4. The molecule has 2 rings (SSSR count). The summed E-state index contributed by atoms with van der Waals surface area (Å²) in [5.74, 6) is 0.415. The number of amides is 1. The molecule has 0 unspecified atom stereocenters. The molecule has 0 fully saturated rings. The van der Waals surface area contributed by atoms with Crippen LogP contribution in [0.15, 0.2) is 48.5 Å². The number of benzene rings is 2. The number of halogens is 1.